The van der Waals surface area contributed by atoms with Crippen LogP contribution in [0.1, 0.15) is 31.7 Å². The molecule has 0 spiro atoms. The minimum atomic E-state index is 0. The van der Waals surface area contributed by atoms with E-state index in [0.717, 1.165) is 32.5 Å². The molecule has 2 N–H and O–H groups in total. The Morgan fingerprint density at radius 1 is 1.35 bits per heavy atom. The third-order valence-electron chi connectivity index (χ3n) is 4.06. The number of nitrogens with zero attached hydrogens (tertiary/aromatic N) is 1. The van der Waals surface area contributed by atoms with Crippen LogP contribution in [0.5, 0.6) is 0 Å². The molecule has 1 atom stereocenters. The molecule has 23 heavy (non-hydrogen) atoms. The lowest BCUT2D eigenvalue weighted by Gasteiger charge is -2.25. The molecule has 4 nitrogen and oxygen atoms in total. The quantitative estimate of drug-likeness (QED) is 0.818. The maximum atomic E-state index is 12.1. The Labute approximate surface area is 152 Å². The van der Waals surface area contributed by atoms with Gasteiger partial charge in [0, 0.05) is 25.3 Å². The fraction of sp³-hybridized carbons (Fsp3) is 0.588. The van der Waals surface area contributed by atoms with Gasteiger partial charge in [-0.1, -0.05) is 18.6 Å². The van der Waals surface area contributed by atoms with Gasteiger partial charge in [-0.05, 0) is 50.9 Å². The molecule has 6 heteroatoms. The fourth-order valence-corrected chi connectivity index (χ4v) is 2.81. The third kappa shape index (κ3) is 6.98. The van der Waals surface area contributed by atoms with E-state index in [2.05, 4.69) is 53.6 Å². The lowest BCUT2D eigenvalue weighted by Crippen LogP contribution is -2.48. The van der Waals surface area contributed by atoms with E-state index >= 15 is 0 Å². The first kappa shape index (κ1) is 22.0. The SMILES string of the molecule is CCN(CCNC(=O)[C@H]1CCCCN1)c1cccc(C)c1.Cl.Cl. The number of likely N-dealkylation sites (N-methyl/N-ethyl adjacent to an activating group) is 1. The number of rotatable bonds is 6. The van der Waals surface area contributed by atoms with Crippen LogP contribution in [0.25, 0.3) is 0 Å². The van der Waals surface area contributed by atoms with E-state index in [0.29, 0.717) is 6.54 Å². The summed E-state index contributed by atoms with van der Waals surface area (Å²) in [7, 11) is 0. The van der Waals surface area contributed by atoms with Crippen molar-refractivity contribution in [3.8, 4) is 0 Å². The summed E-state index contributed by atoms with van der Waals surface area (Å²) in [4.78, 5) is 14.4. The molecule has 0 radical (unpaired) electrons. The summed E-state index contributed by atoms with van der Waals surface area (Å²) in [6, 6.07) is 8.51. The highest BCUT2D eigenvalue weighted by atomic mass is 35.5. The Balaban J connectivity index is 0.00000242. The number of aryl methyl sites for hydroxylation is 1. The van der Waals surface area contributed by atoms with Crippen LogP contribution in [0, 0.1) is 6.92 Å². The summed E-state index contributed by atoms with van der Waals surface area (Å²) < 4.78 is 0. The molecule has 1 aromatic carbocycles. The Kier molecular flexibility index (Phi) is 11.1. The molecule has 0 saturated carbocycles. The van der Waals surface area contributed by atoms with Crippen LogP contribution in [0.15, 0.2) is 24.3 Å². The molecular weight excluding hydrogens is 333 g/mol. The summed E-state index contributed by atoms with van der Waals surface area (Å²) in [5, 5.41) is 6.34. The Morgan fingerprint density at radius 3 is 2.74 bits per heavy atom. The summed E-state index contributed by atoms with van der Waals surface area (Å²) in [5.41, 5.74) is 2.49. The van der Waals surface area contributed by atoms with Gasteiger partial charge in [0.1, 0.15) is 0 Å². The van der Waals surface area contributed by atoms with Crippen molar-refractivity contribution >= 4 is 36.4 Å². The summed E-state index contributed by atoms with van der Waals surface area (Å²) in [5.74, 6) is 0.148. The van der Waals surface area contributed by atoms with E-state index in [-0.39, 0.29) is 36.8 Å². The van der Waals surface area contributed by atoms with E-state index < -0.39 is 0 Å². The Bertz CT molecular complexity index is 465. The van der Waals surface area contributed by atoms with Gasteiger partial charge in [0.2, 0.25) is 5.91 Å². The zero-order valence-electron chi connectivity index (χ0n) is 14.0. The zero-order chi connectivity index (χ0) is 15.1. The van der Waals surface area contributed by atoms with E-state index in [9.17, 15) is 4.79 Å². The van der Waals surface area contributed by atoms with Gasteiger partial charge in [-0.3, -0.25) is 4.79 Å². The first-order chi connectivity index (χ1) is 10.2. The van der Waals surface area contributed by atoms with Crippen LogP contribution in [0.3, 0.4) is 0 Å². The van der Waals surface area contributed by atoms with Crippen molar-refractivity contribution in [2.45, 2.75) is 39.2 Å². The van der Waals surface area contributed by atoms with Gasteiger partial charge in [0.05, 0.1) is 6.04 Å². The van der Waals surface area contributed by atoms with Crippen molar-refractivity contribution in [1.82, 2.24) is 10.6 Å². The Morgan fingerprint density at radius 2 is 2.13 bits per heavy atom. The van der Waals surface area contributed by atoms with Crippen molar-refractivity contribution in [1.29, 1.82) is 0 Å². The number of hydrogen-bond acceptors (Lipinski definition) is 3. The number of amides is 1. The van der Waals surface area contributed by atoms with Crippen LogP contribution >= 0.6 is 24.8 Å². The van der Waals surface area contributed by atoms with Gasteiger partial charge in [-0.2, -0.15) is 0 Å². The normalized spacial score (nSPS) is 16.7. The van der Waals surface area contributed by atoms with Crippen LogP contribution in [0.4, 0.5) is 5.69 Å². The van der Waals surface area contributed by atoms with Crippen LogP contribution < -0.4 is 15.5 Å². The maximum absolute atomic E-state index is 12.1. The number of benzene rings is 1. The topological polar surface area (TPSA) is 44.4 Å². The van der Waals surface area contributed by atoms with E-state index in [1.807, 2.05) is 0 Å². The highest BCUT2D eigenvalue weighted by molar-refractivity contribution is 5.85. The summed E-state index contributed by atoms with van der Waals surface area (Å²) in [6.45, 7) is 7.70. The Hall–Kier alpha value is -0.970. The zero-order valence-corrected chi connectivity index (χ0v) is 15.6. The van der Waals surface area contributed by atoms with Gasteiger partial charge in [-0.15, -0.1) is 24.8 Å². The lowest BCUT2D eigenvalue weighted by molar-refractivity contribution is -0.123. The molecule has 1 saturated heterocycles. The predicted molar refractivity (Wildman–Crippen MR) is 102 cm³/mol. The second-order valence-electron chi connectivity index (χ2n) is 5.71. The van der Waals surface area contributed by atoms with Gasteiger partial charge in [0.25, 0.3) is 0 Å². The van der Waals surface area contributed by atoms with Crippen molar-refractivity contribution in [2.75, 3.05) is 31.1 Å². The second kappa shape index (κ2) is 11.5. The third-order valence-corrected chi connectivity index (χ3v) is 4.06. The number of halogens is 2. The molecule has 1 aromatic rings. The van der Waals surface area contributed by atoms with E-state index in [1.54, 1.807) is 0 Å². The first-order valence-corrected chi connectivity index (χ1v) is 8.03. The fourth-order valence-electron chi connectivity index (χ4n) is 2.81. The molecule has 0 bridgehead atoms. The van der Waals surface area contributed by atoms with Crippen LogP contribution in [-0.4, -0.2) is 38.1 Å². The smallest absolute Gasteiger partial charge is 0.237 e. The second-order valence-corrected chi connectivity index (χ2v) is 5.71. The molecule has 1 fully saturated rings. The monoisotopic (exact) mass is 361 g/mol. The highest BCUT2D eigenvalue weighted by Gasteiger charge is 2.19. The van der Waals surface area contributed by atoms with Gasteiger partial charge in [0.15, 0.2) is 0 Å². The molecule has 132 valence electrons. The summed E-state index contributed by atoms with van der Waals surface area (Å²) in [6.07, 6.45) is 3.29. The van der Waals surface area contributed by atoms with Gasteiger partial charge < -0.3 is 15.5 Å². The summed E-state index contributed by atoms with van der Waals surface area (Å²) >= 11 is 0. The van der Waals surface area contributed by atoms with E-state index in [4.69, 9.17) is 0 Å². The standard InChI is InChI=1S/C17H27N3O.2ClH/c1-3-20(15-8-6-7-14(2)13-15)12-11-19-17(21)16-9-4-5-10-18-16;;/h6-8,13,16,18H,3-5,9-12H2,1-2H3,(H,19,21);2*1H/t16-;;/m1../s1. The molecule has 0 aromatic heterocycles. The van der Waals surface area contributed by atoms with Crippen molar-refractivity contribution < 1.29 is 4.79 Å². The van der Waals surface area contributed by atoms with Crippen molar-refractivity contribution in [3.05, 3.63) is 29.8 Å². The molecule has 1 heterocycles. The van der Waals surface area contributed by atoms with Crippen LogP contribution in [-0.2, 0) is 4.79 Å². The first-order valence-electron chi connectivity index (χ1n) is 8.03. The molecule has 1 aliphatic heterocycles. The number of hydrogen-bond donors (Lipinski definition) is 2. The number of piperidine rings is 1. The average molecular weight is 362 g/mol. The van der Waals surface area contributed by atoms with Crippen LogP contribution in [0.2, 0.25) is 0 Å². The lowest BCUT2D eigenvalue weighted by atomic mass is 10.0. The molecule has 0 aliphatic carbocycles. The maximum Gasteiger partial charge on any atom is 0.237 e. The van der Waals surface area contributed by atoms with Crippen molar-refractivity contribution in [2.24, 2.45) is 0 Å². The highest BCUT2D eigenvalue weighted by Crippen LogP contribution is 2.15. The predicted octanol–water partition coefficient (Wildman–Crippen LogP) is 2.92. The van der Waals surface area contributed by atoms with Gasteiger partial charge in [-0.25, -0.2) is 0 Å². The van der Waals surface area contributed by atoms with E-state index in [1.165, 1.54) is 17.7 Å². The number of carbonyl (C=O) groups is 1. The largest absolute Gasteiger partial charge is 0.370 e. The number of nitrogens with one attached hydrogen (secondary N) is 2. The minimum Gasteiger partial charge on any atom is -0.370 e. The number of anilines is 1. The number of carbonyl (C=O) groups excluding carboxylic acids is 1. The molecule has 1 aliphatic rings. The molecule has 2 rings (SSSR count). The molecule has 0 unspecified atom stereocenters. The molecular formula is C17H29Cl2N3O. The average Bonchev–Trinajstić information content (AvgIpc) is 2.52. The molecule has 1 amide bonds. The minimum absolute atomic E-state index is 0. The van der Waals surface area contributed by atoms with Crippen molar-refractivity contribution in [3.63, 3.8) is 0 Å². The van der Waals surface area contributed by atoms with Gasteiger partial charge >= 0.3 is 0 Å².